The van der Waals surface area contributed by atoms with Crippen LogP contribution >= 0.6 is 0 Å². The van der Waals surface area contributed by atoms with Gasteiger partial charge in [-0.05, 0) is 37.5 Å². The highest BCUT2D eigenvalue weighted by atomic mass is 19.1. The summed E-state index contributed by atoms with van der Waals surface area (Å²) < 4.78 is 24.7. The second-order valence-corrected chi connectivity index (χ2v) is 5.83. The summed E-state index contributed by atoms with van der Waals surface area (Å²) in [6, 6.07) is 7.43. The lowest BCUT2D eigenvalue weighted by Gasteiger charge is -2.36. The van der Waals surface area contributed by atoms with Crippen molar-refractivity contribution in [3.8, 4) is 0 Å². The summed E-state index contributed by atoms with van der Waals surface area (Å²) in [5, 5.41) is 3.59. The summed E-state index contributed by atoms with van der Waals surface area (Å²) in [4.78, 5) is 0. The van der Waals surface area contributed by atoms with Crippen molar-refractivity contribution in [2.24, 2.45) is 0 Å². The van der Waals surface area contributed by atoms with E-state index in [0.29, 0.717) is 6.04 Å². The van der Waals surface area contributed by atoms with Crippen molar-refractivity contribution in [3.63, 3.8) is 0 Å². The van der Waals surface area contributed by atoms with Crippen molar-refractivity contribution >= 4 is 0 Å². The van der Waals surface area contributed by atoms with Gasteiger partial charge in [-0.15, -0.1) is 0 Å². The molecule has 0 radical (unpaired) electrons. The van der Waals surface area contributed by atoms with Crippen LogP contribution in [0.25, 0.3) is 0 Å². The first-order valence-corrected chi connectivity index (χ1v) is 7.46. The highest BCUT2D eigenvalue weighted by Crippen LogP contribution is 2.36. The summed E-state index contributed by atoms with van der Waals surface area (Å²) in [6.45, 7) is 3.53. The fourth-order valence-electron chi connectivity index (χ4n) is 3.24. The minimum Gasteiger partial charge on any atom is -0.348 e. The molecule has 1 N–H and O–H groups in total. The second kappa shape index (κ2) is 5.80. The first-order chi connectivity index (χ1) is 9.67. The van der Waals surface area contributed by atoms with Crippen LogP contribution in [0.1, 0.15) is 44.2 Å². The van der Waals surface area contributed by atoms with E-state index in [1.807, 2.05) is 6.07 Å². The van der Waals surface area contributed by atoms with E-state index >= 15 is 0 Å². The third-order valence-corrected chi connectivity index (χ3v) is 4.40. The van der Waals surface area contributed by atoms with Crippen molar-refractivity contribution in [1.29, 1.82) is 0 Å². The fourth-order valence-corrected chi connectivity index (χ4v) is 3.24. The summed E-state index contributed by atoms with van der Waals surface area (Å²) in [5.41, 5.74) is 0.999. The molecule has 20 heavy (non-hydrogen) atoms. The number of rotatable bonds is 3. The molecule has 0 bridgehead atoms. The molecule has 3 rings (SSSR count). The molecule has 1 aromatic carbocycles. The molecule has 0 amide bonds. The Labute approximate surface area is 119 Å². The van der Waals surface area contributed by atoms with E-state index in [9.17, 15) is 4.39 Å². The molecule has 2 aliphatic rings. The quantitative estimate of drug-likeness (QED) is 0.922. The molecule has 1 aliphatic carbocycles. The van der Waals surface area contributed by atoms with Gasteiger partial charge in [0.1, 0.15) is 5.82 Å². The molecule has 1 spiro atoms. The van der Waals surface area contributed by atoms with Gasteiger partial charge in [-0.2, -0.15) is 0 Å². The van der Waals surface area contributed by atoms with Gasteiger partial charge in [-0.1, -0.05) is 12.1 Å². The molecule has 1 aromatic rings. The van der Waals surface area contributed by atoms with E-state index in [0.717, 1.165) is 44.5 Å². The molecule has 3 nitrogen and oxygen atoms in total. The minimum atomic E-state index is -0.305. The monoisotopic (exact) mass is 279 g/mol. The maximum atomic E-state index is 13.2. The van der Waals surface area contributed by atoms with Gasteiger partial charge < -0.3 is 14.8 Å². The second-order valence-electron chi connectivity index (χ2n) is 5.83. The Hall–Kier alpha value is -0.970. The molecule has 0 unspecified atom stereocenters. The average Bonchev–Trinajstić information content (AvgIpc) is 2.90. The number of nitrogens with one attached hydrogen (secondary N) is 1. The van der Waals surface area contributed by atoms with Crippen LogP contribution in [0, 0.1) is 5.82 Å². The number of halogens is 1. The van der Waals surface area contributed by atoms with Crippen LogP contribution in [-0.2, 0) is 9.47 Å². The molecule has 1 atom stereocenters. The Morgan fingerprint density at radius 1 is 1.25 bits per heavy atom. The Balaban J connectivity index is 1.54. The summed E-state index contributed by atoms with van der Waals surface area (Å²) >= 11 is 0. The molecule has 1 saturated carbocycles. The Kier molecular flexibility index (Phi) is 4.06. The van der Waals surface area contributed by atoms with Gasteiger partial charge in [-0.3, -0.25) is 0 Å². The van der Waals surface area contributed by atoms with Crippen LogP contribution < -0.4 is 5.32 Å². The minimum absolute atomic E-state index is 0.162. The maximum Gasteiger partial charge on any atom is 0.168 e. The largest absolute Gasteiger partial charge is 0.348 e. The number of hydrogen-bond donors (Lipinski definition) is 1. The molecule has 1 saturated heterocycles. The normalized spacial score (nSPS) is 24.1. The highest BCUT2D eigenvalue weighted by Gasteiger charge is 2.40. The van der Waals surface area contributed by atoms with E-state index in [4.69, 9.17) is 9.47 Å². The third-order valence-electron chi connectivity index (χ3n) is 4.40. The first kappa shape index (κ1) is 14.0. The lowest BCUT2D eigenvalue weighted by atomic mass is 9.89. The zero-order valence-corrected chi connectivity index (χ0v) is 11.9. The molecule has 110 valence electrons. The molecule has 2 fully saturated rings. The van der Waals surface area contributed by atoms with Crippen molar-refractivity contribution < 1.29 is 13.9 Å². The third kappa shape index (κ3) is 3.03. The van der Waals surface area contributed by atoms with Gasteiger partial charge in [0.25, 0.3) is 0 Å². The topological polar surface area (TPSA) is 30.5 Å². The van der Waals surface area contributed by atoms with Crippen molar-refractivity contribution in [2.45, 2.75) is 50.5 Å². The van der Waals surface area contributed by atoms with Gasteiger partial charge >= 0.3 is 0 Å². The smallest absolute Gasteiger partial charge is 0.168 e. The van der Waals surface area contributed by atoms with E-state index < -0.39 is 0 Å². The lowest BCUT2D eigenvalue weighted by molar-refractivity contribution is -0.179. The van der Waals surface area contributed by atoms with Gasteiger partial charge in [0.2, 0.25) is 0 Å². The Morgan fingerprint density at radius 3 is 2.60 bits per heavy atom. The zero-order chi connectivity index (χ0) is 14.0. The Morgan fingerprint density at radius 2 is 1.95 bits per heavy atom. The van der Waals surface area contributed by atoms with E-state index in [2.05, 4.69) is 12.2 Å². The summed E-state index contributed by atoms with van der Waals surface area (Å²) in [7, 11) is 0. The van der Waals surface area contributed by atoms with Gasteiger partial charge in [0.15, 0.2) is 5.79 Å². The fraction of sp³-hybridized carbons (Fsp3) is 0.625. The SMILES string of the molecule is C[C@@H](NC1CCC2(CC1)OCCO2)c1cccc(F)c1. The van der Waals surface area contributed by atoms with Crippen LogP contribution in [0.2, 0.25) is 0 Å². The van der Waals surface area contributed by atoms with Crippen molar-refractivity contribution in [3.05, 3.63) is 35.6 Å². The van der Waals surface area contributed by atoms with E-state index in [-0.39, 0.29) is 17.6 Å². The zero-order valence-electron chi connectivity index (χ0n) is 11.9. The van der Waals surface area contributed by atoms with Gasteiger partial charge in [0, 0.05) is 24.9 Å². The number of benzene rings is 1. The Bertz CT molecular complexity index is 450. The van der Waals surface area contributed by atoms with Crippen LogP contribution in [0.15, 0.2) is 24.3 Å². The van der Waals surface area contributed by atoms with Crippen LogP contribution in [0.3, 0.4) is 0 Å². The van der Waals surface area contributed by atoms with Crippen LogP contribution in [0.4, 0.5) is 4.39 Å². The van der Waals surface area contributed by atoms with Crippen molar-refractivity contribution in [1.82, 2.24) is 5.32 Å². The molecular formula is C16H22FNO2. The highest BCUT2D eigenvalue weighted by molar-refractivity contribution is 5.19. The molecule has 1 aliphatic heterocycles. The first-order valence-electron chi connectivity index (χ1n) is 7.46. The molecule has 0 aromatic heterocycles. The molecule has 4 heteroatoms. The lowest BCUT2D eigenvalue weighted by Crippen LogP contribution is -2.42. The predicted molar refractivity (Wildman–Crippen MR) is 74.8 cm³/mol. The number of hydrogen-bond acceptors (Lipinski definition) is 3. The van der Waals surface area contributed by atoms with Crippen LogP contribution in [0.5, 0.6) is 0 Å². The summed E-state index contributed by atoms with van der Waals surface area (Å²) in [5.74, 6) is -0.480. The molecule has 1 heterocycles. The molecular weight excluding hydrogens is 257 g/mol. The number of ether oxygens (including phenoxy) is 2. The van der Waals surface area contributed by atoms with E-state index in [1.54, 1.807) is 12.1 Å². The van der Waals surface area contributed by atoms with Crippen LogP contribution in [-0.4, -0.2) is 25.0 Å². The standard InChI is InChI=1S/C16H22FNO2/c1-12(13-3-2-4-14(17)11-13)18-15-5-7-16(8-6-15)19-9-10-20-16/h2-4,11-12,15,18H,5-10H2,1H3/t12-/m1/s1. The predicted octanol–water partition coefficient (Wildman–Crippen LogP) is 3.16. The summed E-state index contributed by atoms with van der Waals surface area (Å²) in [6.07, 6.45) is 3.97. The van der Waals surface area contributed by atoms with E-state index in [1.165, 1.54) is 6.07 Å². The average molecular weight is 279 g/mol. The maximum absolute atomic E-state index is 13.2. The van der Waals surface area contributed by atoms with Gasteiger partial charge in [0.05, 0.1) is 13.2 Å². The van der Waals surface area contributed by atoms with Crippen molar-refractivity contribution in [2.75, 3.05) is 13.2 Å². The van der Waals surface area contributed by atoms with Gasteiger partial charge in [-0.25, -0.2) is 4.39 Å².